The van der Waals surface area contributed by atoms with Crippen molar-refractivity contribution in [3.63, 3.8) is 0 Å². The van der Waals surface area contributed by atoms with Crippen LogP contribution in [-0.2, 0) is 19.9 Å². The van der Waals surface area contributed by atoms with Gasteiger partial charge in [0.05, 0.1) is 6.42 Å². The molecule has 23 heavy (non-hydrogen) atoms. The summed E-state index contributed by atoms with van der Waals surface area (Å²) < 4.78 is 5.57. The average molecular weight is 351 g/mol. The van der Waals surface area contributed by atoms with Crippen LogP contribution in [0.25, 0.3) is 0 Å². The standard InChI is InChI=1S/C17H12Cl2O4/c18-12-5-1-3-10(7-12)17(11-4-2-6-13(19)8-11)14(16(21)22)9-15(20)23-17/h1-8,14H,9H2,(H,21,22). The maximum Gasteiger partial charge on any atom is 0.311 e. The Kier molecular flexibility index (Phi) is 4.04. The molecule has 2 aromatic carbocycles. The van der Waals surface area contributed by atoms with E-state index in [1.807, 2.05) is 0 Å². The SMILES string of the molecule is O=C1CC(C(=O)O)C(c2cccc(Cl)c2)(c2cccc(Cl)c2)O1. The number of hydrogen-bond donors (Lipinski definition) is 1. The van der Waals surface area contributed by atoms with Crippen LogP contribution < -0.4 is 0 Å². The van der Waals surface area contributed by atoms with Gasteiger partial charge in [0.15, 0.2) is 5.60 Å². The first kappa shape index (κ1) is 15.8. The number of benzene rings is 2. The first-order valence-corrected chi connectivity index (χ1v) is 7.66. The van der Waals surface area contributed by atoms with E-state index in [2.05, 4.69) is 0 Å². The van der Waals surface area contributed by atoms with Crippen molar-refractivity contribution in [1.82, 2.24) is 0 Å². The predicted octanol–water partition coefficient (Wildman–Crippen LogP) is 3.88. The number of rotatable bonds is 3. The van der Waals surface area contributed by atoms with Gasteiger partial charge >= 0.3 is 11.9 Å². The summed E-state index contributed by atoms with van der Waals surface area (Å²) in [5.74, 6) is -2.75. The second-order valence-electron chi connectivity index (χ2n) is 5.33. The molecule has 1 saturated heterocycles. The molecule has 0 aromatic heterocycles. The molecule has 6 heteroatoms. The van der Waals surface area contributed by atoms with Gasteiger partial charge in [0.1, 0.15) is 5.92 Å². The molecule has 0 amide bonds. The molecule has 118 valence electrons. The molecule has 1 heterocycles. The van der Waals surface area contributed by atoms with Gasteiger partial charge in [-0.1, -0.05) is 47.5 Å². The van der Waals surface area contributed by atoms with Crippen molar-refractivity contribution in [2.24, 2.45) is 5.92 Å². The highest BCUT2D eigenvalue weighted by Crippen LogP contribution is 2.48. The van der Waals surface area contributed by atoms with E-state index in [1.54, 1.807) is 48.5 Å². The smallest absolute Gasteiger partial charge is 0.311 e. The maximum absolute atomic E-state index is 11.9. The van der Waals surface area contributed by atoms with Crippen molar-refractivity contribution in [2.75, 3.05) is 0 Å². The van der Waals surface area contributed by atoms with Gasteiger partial charge in [-0.25, -0.2) is 0 Å². The number of hydrogen-bond acceptors (Lipinski definition) is 3. The highest BCUT2D eigenvalue weighted by atomic mass is 35.5. The third-order valence-corrected chi connectivity index (χ3v) is 4.41. The van der Waals surface area contributed by atoms with Crippen LogP contribution in [-0.4, -0.2) is 17.0 Å². The molecule has 1 aliphatic rings. The topological polar surface area (TPSA) is 63.6 Å². The second kappa shape index (κ2) is 5.87. The minimum atomic E-state index is -1.45. The van der Waals surface area contributed by atoms with Gasteiger partial charge < -0.3 is 9.84 Å². The number of carbonyl (C=O) groups excluding carboxylic acids is 1. The Hall–Kier alpha value is -2.04. The third-order valence-electron chi connectivity index (χ3n) is 3.94. The molecular weight excluding hydrogens is 339 g/mol. The molecule has 1 N–H and O–H groups in total. The van der Waals surface area contributed by atoms with Gasteiger partial charge in [0.2, 0.25) is 0 Å². The van der Waals surface area contributed by atoms with E-state index in [4.69, 9.17) is 27.9 Å². The Morgan fingerprint density at radius 3 is 2.04 bits per heavy atom. The lowest BCUT2D eigenvalue weighted by Crippen LogP contribution is -2.38. The first-order chi connectivity index (χ1) is 10.9. The summed E-state index contributed by atoms with van der Waals surface area (Å²) in [5, 5.41) is 10.5. The zero-order chi connectivity index (χ0) is 16.6. The average Bonchev–Trinajstić information content (AvgIpc) is 2.86. The minimum absolute atomic E-state index is 0.214. The molecule has 1 unspecified atom stereocenters. The van der Waals surface area contributed by atoms with E-state index >= 15 is 0 Å². The van der Waals surface area contributed by atoms with Crippen LogP contribution in [0.2, 0.25) is 10.0 Å². The molecule has 1 fully saturated rings. The van der Waals surface area contributed by atoms with E-state index in [1.165, 1.54) is 0 Å². The molecule has 3 rings (SSSR count). The Balaban J connectivity index is 2.29. The molecule has 0 bridgehead atoms. The van der Waals surface area contributed by atoms with E-state index in [9.17, 15) is 14.7 Å². The molecule has 0 saturated carbocycles. The van der Waals surface area contributed by atoms with E-state index in [0.717, 1.165) is 0 Å². The molecule has 0 spiro atoms. The number of carbonyl (C=O) groups is 2. The largest absolute Gasteiger partial charge is 0.481 e. The fourth-order valence-corrected chi connectivity index (χ4v) is 3.37. The Labute approximate surface area is 142 Å². The van der Waals surface area contributed by atoms with Crippen LogP contribution in [0.1, 0.15) is 17.5 Å². The van der Waals surface area contributed by atoms with Gasteiger partial charge in [0, 0.05) is 21.2 Å². The summed E-state index contributed by atoms with van der Waals surface area (Å²) in [6, 6.07) is 13.3. The van der Waals surface area contributed by atoms with Crippen molar-refractivity contribution < 1.29 is 19.4 Å². The summed E-state index contributed by atoms with van der Waals surface area (Å²) >= 11 is 12.1. The number of carboxylic acid groups (broad SMARTS) is 1. The number of cyclic esters (lactones) is 1. The molecule has 4 nitrogen and oxygen atoms in total. The van der Waals surface area contributed by atoms with Crippen molar-refractivity contribution >= 4 is 35.1 Å². The van der Waals surface area contributed by atoms with Crippen molar-refractivity contribution in [2.45, 2.75) is 12.0 Å². The van der Waals surface area contributed by atoms with Gasteiger partial charge in [-0.2, -0.15) is 0 Å². The minimum Gasteiger partial charge on any atom is -0.481 e. The van der Waals surface area contributed by atoms with Crippen LogP contribution in [0, 0.1) is 5.92 Å². The van der Waals surface area contributed by atoms with Gasteiger partial charge in [0.25, 0.3) is 0 Å². The van der Waals surface area contributed by atoms with Gasteiger partial charge in [-0.05, 0) is 24.3 Å². The first-order valence-electron chi connectivity index (χ1n) is 6.90. The Morgan fingerprint density at radius 2 is 1.61 bits per heavy atom. The summed E-state index contributed by atoms with van der Waals surface area (Å²) in [5.41, 5.74) is -0.436. The fourth-order valence-electron chi connectivity index (χ4n) is 2.99. The predicted molar refractivity (Wildman–Crippen MR) is 85.5 cm³/mol. The summed E-state index contributed by atoms with van der Waals surface area (Å²) in [7, 11) is 0. The maximum atomic E-state index is 11.9. The molecule has 2 aromatic rings. The van der Waals surface area contributed by atoms with Gasteiger partial charge in [-0.3, -0.25) is 9.59 Å². The normalized spacial score (nSPS) is 19.4. The molecule has 1 atom stereocenters. The van der Waals surface area contributed by atoms with Crippen molar-refractivity contribution in [3.8, 4) is 0 Å². The lowest BCUT2D eigenvalue weighted by atomic mass is 9.76. The van der Waals surface area contributed by atoms with Crippen molar-refractivity contribution in [3.05, 3.63) is 69.7 Å². The lowest BCUT2D eigenvalue weighted by molar-refractivity contribution is -0.151. The van der Waals surface area contributed by atoms with Crippen LogP contribution in [0.5, 0.6) is 0 Å². The van der Waals surface area contributed by atoms with E-state index in [0.29, 0.717) is 21.2 Å². The Morgan fingerprint density at radius 1 is 1.09 bits per heavy atom. The van der Waals surface area contributed by atoms with E-state index in [-0.39, 0.29) is 6.42 Å². The number of halogens is 2. The van der Waals surface area contributed by atoms with Crippen LogP contribution in [0.15, 0.2) is 48.5 Å². The fraction of sp³-hybridized carbons (Fsp3) is 0.176. The molecule has 0 aliphatic carbocycles. The van der Waals surface area contributed by atoms with Gasteiger partial charge in [-0.15, -0.1) is 0 Å². The zero-order valence-electron chi connectivity index (χ0n) is 11.8. The highest BCUT2D eigenvalue weighted by Gasteiger charge is 2.55. The van der Waals surface area contributed by atoms with Crippen molar-refractivity contribution in [1.29, 1.82) is 0 Å². The monoisotopic (exact) mass is 350 g/mol. The Bertz CT molecular complexity index is 742. The molecule has 1 aliphatic heterocycles. The zero-order valence-corrected chi connectivity index (χ0v) is 13.3. The number of esters is 1. The number of carboxylic acids is 1. The van der Waals surface area contributed by atoms with Crippen LogP contribution >= 0.6 is 23.2 Å². The molecule has 0 radical (unpaired) electrons. The summed E-state index contributed by atoms with van der Waals surface area (Å²) in [6.45, 7) is 0. The summed E-state index contributed by atoms with van der Waals surface area (Å²) in [4.78, 5) is 23.7. The quantitative estimate of drug-likeness (QED) is 0.853. The van der Waals surface area contributed by atoms with E-state index < -0.39 is 23.5 Å². The summed E-state index contributed by atoms with van der Waals surface area (Å²) in [6.07, 6.45) is -0.214. The second-order valence-corrected chi connectivity index (χ2v) is 6.20. The lowest BCUT2D eigenvalue weighted by Gasteiger charge is -2.32. The third kappa shape index (κ3) is 2.69. The van der Waals surface area contributed by atoms with Crippen LogP contribution in [0.3, 0.4) is 0 Å². The highest BCUT2D eigenvalue weighted by molar-refractivity contribution is 6.31. The number of ether oxygens (including phenoxy) is 1. The molecular formula is C17H12Cl2O4. The number of aliphatic carboxylic acids is 1. The van der Waals surface area contributed by atoms with Crippen LogP contribution in [0.4, 0.5) is 0 Å².